The molecule has 1 aromatic carbocycles. The molecule has 44 heavy (non-hydrogen) atoms. The number of unbranched alkanes of at least 4 members (excludes halogenated alkanes) is 5. The van der Waals surface area contributed by atoms with E-state index in [1.807, 2.05) is 43.3 Å². The van der Waals surface area contributed by atoms with E-state index in [1.165, 1.54) is 19.3 Å². The number of pyridine rings is 1. The number of halogens is 4. The molecule has 0 amide bonds. The van der Waals surface area contributed by atoms with Gasteiger partial charge in [-0.2, -0.15) is 13.2 Å². The van der Waals surface area contributed by atoms with Gasteiger partial charge in [0.1, 0.15) is 0 Å². The van der Waals surface area contributed by atoms with E-state index in [9.17, 15) is 17.6 Å². The highest BCUT2D eigenvalue weighted by molar-refractivity contribution is 5.85. The Kier molecular flexibility index (Phi) is 10.9. The third-order valence-electron chi connectivity index (χ3n) is 9.28. The van der Waals surface area contributed by atoms with Gasteiger partial charge in [-0.25, -0.2) is 0 Å². The van der Waals surface area contributed by atoms with Crippen LogP contribution in [-0.2, 0) is 12.1 Å². The molecular weight excluding hydrogens is 568 g/mol. The van der Waals surface area contributed by atoms with Gasteiger partial charge in [0, 0.05) is 42.6 Å². The van der Waals surface area contributed by atoms with Crippen LogP contribution in [0.4, 0.5) is 23.2 Å². The van der Waals surface area contributed by atoms with Crippen LogP contribution < -0.4 is 10.6 Å². The summed E-state index contributed by atoms with van der Waals surface area (Å²) in [7, 11) is 0. The molecule has 5 rings (SSSR count). The van der Waals surface area contributed by atoms with Gasteiger partial charge in [0.2, 0.25) is 0 Å². The number of likely N-dealkylation sites (tertiary alicyclic amines) is 1. The average Bonchev–Trinajstić information content (AvgIpc) is 3.61. The number of aromatic amines is 1. The molecule has 1 fully saturated rings. The minimum atomic E-state index is -4.39. The van der Waals surface area contributed by atoms with Gasteiger partial charge in [-0.05, 0) is 62.9 Å². The van der Waals surface area contributed by atoms with Crippen molar-refractivity contribution >= 4 is 16.6 Å². The van der Waals surface area contributed by atoms with Crippen molar-refractivity contribution in [1.82, 2.24) is 25.1 Å². The molecule has 0 radical (unpaired) electrons. The second-order valence-corrected chi connectivity index (χ2v) is 12.6. The van der Waals surface area contributed by atoms with Crippen molar-refractivity contribution in [2.24, 2.45) is 0 Å². The Morgan fingerprint density at radius 3 is 2.59 bits per heavy atom. The summed E-state index contributed by atoms with van der Waals surface area (Å²) in [6, 6.07) is 11.6. The van der Waals surface area contributed by atoms with Crippen LogP contribution in [0.15, 0.2) is 42.6 Å². The summed E-state index contributed by atoms with van der Waals surface area (Å²) < 4.78 is 55.5. The molecule has 0 saturated carbocycles. The zero-order valence-corrected chi connectivity index (χ0v) is 26.2. The predicted molar refractivity (Wildman–Crippen MR) is 170 cm³/mol. The molecule has 2 aliphatic heterocycles. The maximum atomic E-state index is 14.3. The van der Waals surface area contributed by atoms with E-state index >= 15 is 0 Å². The topological polar surface area (TPSA) is 59.2 Å². The first kappa shape index (κ1) is 32.7. The molecule has 3 N–H and O–H groups in total. The summed E-state index contributed by atoms with van der Waals surface area (Å²) in [5.74, 6) is 0. The first-order valence-electron chi connectivity index (χ1n) is 16.4. The molecule has 3 aromatic rings. The number of benzene rings is 1. The highest BCUT2D eigenvalue weighted by Gasteiger charge is 2.52. The lowest BCUT2D eigenvalue weighted by Gasteiger charge is -2.50. The molecule has 2 aliphatic rings. The lowest BCUT2D eigenvalue weighted by atomic mass is 9.85. The Morgan fingerprint density at radius 1 is 1.05 bits per heavy atom. The number of alkyl halides is 4. The molecule has 4 heterocycles. The zero-order valence-electron chi connectivity index (χ0n) is 26.2. The number of nitrogens with zero attached hydrogens (tertiary/aromatic N) is 3. The van der Waals surface area contributed by atoms with Crippen LogP contribution in [0, 0.1) is 0 Å². The van der Waals surface area contributed by atoms with Gasteiger partial charge < -0.3 is 15.2 Å². The Bertz CT molecular complexity index is 1330. The summed E-state index contributed by atoms with van der Waals surface area (Å²) in [5.41, 5.74) is 2.82. The Morgan fingerprint density at radius 2 is 1.84 bits per heavy atom. The first-order chi connectivity index (χ1) is 21.2. The number of hydrogen-bond acceptors (Lipinski definition) is 5. The highest BCUT2D eigenvalue weighted by atomic mass is 19.4. The van der Waals surface area contributed by atoms with Gasteiger partial charge >= 0.3 is 6.18 Å². The molecule has 0 aliphatic carbocycles. The molecule has 1 saturated heterocycles. The number of aromatic nitrogens is 2. The van der Waals surface area contributed by atoms with Crippen LogP contribution in [0.25, 0.3) is 10.9 Å². The van der Waals surface area contributed by atoms with E-state index in [4.69, 9.17) is 4.98 Å². The largest absolute Gasteiger partial charge is 0.401 e. The number of para-hydroxylation sites is 1. The van der Waals surface area contributed by atoms with Gasteiger partial charge in [-0.3, -0.25) is 19.6 Å². The van der Waals surface area contributed by atoms with Gasteiger partial charge in [0.15, 0.2) is 5.66 Å². The van der Waals surface area contributed by atoms with Crippen LogP contribution in [0.1, 0.15) is 82.2 Å². The number of fused-ring (bicyclic) bond motifs is 3. The molecule has 2 aromatic heterocycles. The zero-order chi connectivity index (χ0) is 31.2. The summed E-state index contributed by atoms with van der Waals surface area (Å²) in [6.45, 7) is 5.79. The van der Waals surface area contributed by atoms with Crippen molar-refractivity contribution in [3.63, 3.8) is 0 Å². The van der Waals surface area contributed by atoms with Crippen LogP contribution in [0.5, 0.6) is 0 Å². The number of nitrogens with one attached hydrogen (secondary N) is 3. The SMILES string of the molecule is CCCCCCCCN[C@@]1(c2ccc(N[C@H]3CCN(CCCF)C3)cn2)c2[nH]c3ccccc3c2C[C@@H](C)N1CC(F)(F)F. The van der Waals surface area contributed by atoms with E-state index in [2.05, 4.69) is 27.4 Å². The Labute approximate surface area is 259 Å². The fourth-order valence-electron chi connectivity index (χ4n) is 7.16. The quantitative estimate of drug-likeness (QED) is 0.123. The third kappa shape index (κ3) is 7.40. The van der Waals surface area contributed by atoms with E-state index in [-0.39, 0.29) is 18.8 Å². The monoisotopic (exact) mass is 616 g/mol. The number of anilines is 1. The second-order valence-electron chi connectivity index (χ2n) is 12.6. The number of rotatable bonds is 15. The van der Waals surface area contributed by atoms with Crippen LogP contribution in [0.2, 0.25) is 0 Å². The molecule has 0 unspecified atom stereocenters. The van der Waals surface area contributed by atoms with Gasteiger partial charge in [-0.1, -0.05) is 57.2 Å². The molecule has 242 valence electrons. The summed E-state index contributed by atoms with van der Waals surface area (Å²) in [5, 5.41) is 8.25. The summed E-state index contributed by atoms with van der Waals surface area (Å²) in [6.07, 6.45) is 5.93. The average molecular weight is 617 g/mol. The molecule has 3 atom stereocenters. The second kappa shape index (κ2) is 14.6. The van der Waals surface area contributed by atoms with Crippen molar-refractivity contribution in [2.45, 2.75) is 95.6 Å². The van der Waals surface area contributed by atoms with E-state index < -0.39 is 18.4 Å². The molecule has 0 bridgehead atoms. The van der Waals surface area contributed by atoms with Crippen molar-refractivity contribution in [1.29, 1.82) is 0 Å². The molecular formula is C34H48F4N6. The normalized spacial score (nSPS) is 23.0. The van der Waals surface area contributed by atoms with Crippen LogP contribution in [0.3, 0.4) is 0 Å². The summed E-state index contributed by atoms with van der Waals surface area (Å²) >= 11 is 0. The van der Waals surface area contributed by atoms with E-state index in [1.54, 1.807) is 11.1 Å². The van der Waals surface area contributed by atoms with Crippen molar-refractivity contribution in [2.75, 3.05) is 44.7 Å². The third-order valence-corrected chi connectivity index (χ3v) is 9.28. The lowest BCUT2D eigenvalue weighted by molar-refractivity contribution is -0.169. The van der Waals surface area contributed by atoms with Gasteiger partial charge in [0.25, 0.3) is 0 Å². The number of H-pyrrole nitrogens is 1. The maximum absolute atomic E-state index is 14.3. The fraction of sp³-hybridized carbons (Fsp3) is 0.618. The van der Waals surface area contributed by atoms with Gasteiger partial charge in [0.05, 0.1) is 36.5 Å². The molecule has 6 nitrogen and oxygen atoms in total. The van der Waals surface area contributed by atoms with Crippen molar-refractivity contribution in [3.8, 4) is 0 Å². The minimum Gasteiger partial charge on any atom is -0.380 e. The Balaban J connectivity index is 1.49. The smallest absolute Gasteiger partial charge is 0.380 e. The molecule has 10 heteroatoms. The van der Waals surface area contributed by atoms with Gasteiger partial charge in [-0.15, -0.1) is 0 Å². The highest BCUT2D eigenvalue weighted by Crippen LogP contribution is 2.44. The summed E-state index contributed by atoms with van der Waals surface area (Å²) in [4.78, 5) is 12.3. The molecule has 0 spiro atoms. The van der Waals surface area contributed by atoms with Crippen LogP contribution >= 0.6 is 0 Å². The van der Waals surface area contributed by atoms with E-state index in [0.717, 1.165) is 73.2 Å². The first-order valence-corrected chi connectivity index (χ1v) is 16.4. The Hall–Kier alpha value is -2.69. The number of hydrogen-bond donors (Lipinski definition) is 3. The van der Waals surface area contributed by atoms with E-state index in [0.29, 0.717) is 25.1 Å². The maximum Gasteiger partial charge on any atom is 0.401 e. The van der Waals surface area contributed by atoms with Crippen molar-refractivity contribution in [3.05, 3.63) is 59.5 Å². The minimum absolute atomic E-state index is 0.221. The fourth-order valence-corrected chi connectivity index (χ4v) is 7.16. The van der Waals surface area contributed by atoms with Crippen molar-refractivity contribution < 1.29 is 17.6 Å². The predicted octanol–water partition coefficient (Wildman–Crippen LogP) is 7.37. The lowest BCUT2D eigenvalue weighted by Crippen LogP contribution is -2.65. The standard InChI is InChI=1S/C34H48F4N6/c1-3-4-5-6-7-10-18-40-34(31-15-14-26(22-39-31)41-27-16-20-43(23-27)19-11-17-35)32-29(28-12-8-9-13-30(28)42-32)21-25(2)44(34)24-33(36,37)38/h8-9,12-15,22,25,27,40-42H,3-7,10-11,16-21,23-24H2,1-2H3/t25-,27+,34-/m1/s1. The van der Waals surface area contributed by atoms with Crippen LogP contribution in [-0.4, -0.2) is 77.4 Å².